The van der Waals surface area contributed by atoms with E-state index >= 15 is 0 Å². The van der Waals surface area contributed by atoms with E-state index in [1.807, 2.05) is 24.3 Å². The Balaban J connectivity index is 2.22. The standard InChI is InChI=1S/C12H13N3O2/c1-15-10(8-13-14-15)11(16)7-9-5-3-4-6-12(9)17-2/h3-6,8H,7H2,1-2H3. The summed E-state index contributed by atoms with van der Waals surface area (Å²) in [6.45, 7) is 0. The van der Waals surface area contributed by atoms with E-state index in [2.05, 4.69) is 10.3 Å². The Kier molecular flexibility index (Phi) is 3.18. The molecule has 2 aromatic rings. The predicted molar refractivity (Wildman–Crippen MR) is 62.0 cm³/mol. The summed E-state index contributed by atoms with van der Waals surface area (Å²) in [6, 6.07) is 7.47. The lowest BCUT2D eigenvalue weighted by atomic mass is 10.1. The molecule has 0 unspecified atom stereocenters. The molecule has 2 rings (SSSR count). The number of aryl methyl sites for hydroxylation is 1. The molecule has 0 spiro atoms. The van der Waals surface area contributed by atoms with Crippen molar-refractivity contribution >= 4 is 5.78 Å². The number of carbonyl (C=O) groups is 1. The minimum absolute atomic E-state index is 0.0259. The second kappa shape index (κ2) is 4.78. The smallest absolute Gasteiger partial charge is 0.186 e. The second-order valence-electron chi connectivity index (χ2n) is 3.65. The second-order valence-corrected chi connectivity index (χ2v) is 3.65. The molecule has 0 aliphatic carbocycles. The quantitative estimate of drug-likeness (QED) is 0.743. The number of ketones is 1. The van der Waals surface area contributed by atoms with Gasteiger partial charge < -0.3 is 4.74 Å². The first-order valence-electron chi connectivity index (χ1n) is 5.22. The molecule has 0 aliphatic rings. The molecule has 0 bridgehead atoms. The molecule has 0 amide bonds. The maximum absolute atomic E-state index is 12.0. The molecule has 0 atom stereocenters. The number of hydrogen-bond acceptors (Lipinski definition) is 4. The van der Waals surface area contributed by atoms with Gasteiger partial charge >= 0.3 is 0 Å². The summed E-state index contributed by atoms with van der Waals surface area (Å²) in [4.78, 5) is 12.0. The van der Waals surface area contributed by atoms with Crippen LogP contribution in [0.3, 0.4) is 0 Å². The van der Waals surface area contributed by atoms with Gasteiger partial charge in [0.1, 0.15) is 11.4 Å². The molecule has 0 N–H and O–H groups in total. The molecule has 1 aromatic carbocycles. The highest BCUT2D eigenvalue weighted by Crippen LogP contribution is 2.19. The molecule has 0 fully saturated rings. The van der Waals surface area contributed by atoms with Gasteiger partial charge in [0.15, 0.2) is 5.78 Å². The van der Waals surface area contributed by atoms with Crippen LogP contribution in [0.1, 0.15) is 16.1 Å². The van der Waals surface area contributed by atoms with Crippen molar-refractivity contribution in [3.63, 3.8) is 0 Å². The monoisotopic (exact) mass is 231 g/mol. The molecule has 0 saturated heterocycles. The highest BCUT2D eigenvalue weighted by atomic mass is 16.5. The van der Waals surface area contributed by atoms with Crippen molar-refractivity contribution in [2.24, 2.45) is 7.05 Å². The van der Waals surface area contributed by atoms with Gasteiger partial charge in [0, 0.05) is 19.0 Å². The number of hydrogen-bond donors (Lipinski definition) is 0. The SMILES string of the molecule is COc1ccccc1CC(=O)c1cnnn1C. The average Bonchev–Trinajstić information content (AvgIpc) is 2.76. The van der Waals surface area contributed by atoms with Crippen molar-refractivity contribution in [1.29, 1.82) is 0 Å². The normalized spacial score (nSPS) is 10.2. The van der Waals surface area contributed by atoms with Gasteiger partial charge in [-0.1, -0.05) is 23.4 Å². The van der Waals surface area contributed by atoms with Crippen molar-refractivity contribution in [3.8, 4) is 5.75 Å². The summed E-state index contributed by atoms with van der Waals surface area (Å²) in [5.74, 6) is 0.693. The first kappa shape index (κ1) is 11.3. The molecule has 1 heterocycles. The van der Waals surface area contributed by atoms with Crippen LogP contribution in [0, 0.1) is 0 Å². The number of para-hydroxylation sites is 1. The van der Waals surface area contributed by atoms with Gasteiger partial charge in [-0.3, -0.25) is 4.79 Å². The van der Waals surface area contributed by atoms with Crippen LogP contribution in [0.15, 0.2) is 30.5 Å². The number of rotatable bonds is 4. The van der Waals surface area contributed by atoms with Crippen molar-refractivity contribution < 1.29 is 9.53 Å². The van der Waals surface area contributed by atoms with Crippen LogP contribution in [0.2, 0.25) is 0 Å². The molecular weight excluding hydrogens is 218 g/mol. The van der Waals surface area contributed by atoms with E-state index in [0.29, 0.717) is 5.69 Å². The lowest BCUT2D eigenvalue weighted by molar-refractivity contribution is 0.0983. The van der Waals surface area contributed by atoms with Gasteiger partial charge in [0.25, 0.3) is 0 Å². The van der Waals surface area contributed by atoms with Crippen molar-refractivity contribution in [2.75, 3.05) is 7.11 Å². The Labute approximate surface area is 99.0 Å². The van der Waals surface area contributed by atoms with Gasteiger partial charge in [-0.05, 0) is 6.07 Å². The molecule has 0 saturated carbocycles. The number of carbonyl (C=O) groups excluding carboxylic acids is 1. The number of nitrogens with zero attached hydrogens (tertiary/aromatic N) is 3. The largest absolute Gasteiger partial charge is 0.496 e. The topological polar surface area (TPSA) is 57.0 Å². The van der Waals surface area contributed by atoms with Crippen LogP contribution in [0.25, 0.3) is 0 Å². The highest BCUT2D eigenvalue weighted by molar-refractivity contribution is 5.95. The first-order valence-corrected chi connectivity index (χ1v) is 5.22. The first-order chi connectivity index (χ1) is 8.22. The Morgan fingerprint density at radius 3 is 2.82 bits per heavy atom. The zero-order valence-electron chi connectivity index (χ0n) is 9.75. The summed E-state index contributed by atoms with van der Waals surface area (Å²) in [6.07, 6.45) is 1.75. The summed E-state index contributed by atoms with van der Waals surface area (Å²) in [7, 11) is 3.29. The highest BCUT2D eigenvalue weighted by Gasteiger charge is 2.13. The van der Waals surface area contributed by atoms with Crippen LogP contribution in [-0.4, -0.2) is 27.9 Å². The Morgan fingerprint density at radius 2 is 2.18 bits per heavy atom. The maximum Gasteiger partial charge on any atom is 0.186 e. The third kappa shape index (κ3) is 2.33. The maximum atomic E-state index is 12.0. The van der Waals surface area contributed by atoms with Crippen molar-refractivity contribution in [1.82, 2.24) is 15.0 Å². The fourth-order valence-electron chi connectivity index (χ4n) is 1.65. The van der Waals surface area contributed by atoms with Crippen LogP contribution >= 0.6 is 0 Å². The molecule has 5 nitrogen and oxygen atoms in total. The van der Waals surface area contributed by atoms with Crippen molar-refractivity contribution in [2.45, 2.75) is 6.42 Å². The van der Waals surface area contributed by atoms with Crippen LogP contribution < -0.4 is 4.74 Å². The summed E-state index contributed by atoms with van der Waals surface area (Å²) >= 11 is 0. The van der Waals surface area contributed by atoms with E-state index in [-0.39, 0.29) is 12.2 Å². The number of methoxy groups -OCH3 is 1. The lowest BCUT2D eigenvalue weighted by Gasteiger charge is -2.06. The van der Waals surface area contributed by atoms with Gasteiger partial charge in [0.2, 0.25) is 0 Å². The zero-order valence-corrected chi connectivity index (χ0v) is 9.75. The van der Waals surface area contributed by atoms with Crippen LogP contribution in [-0.2, 0) is 13.5 Å². The molecule has 0 aliphatic heterocycles. The average molecular weight is 231 g/mol. The van der Waals surface area contributed by atoms with E-state index in [0.717, 1.165) is 11.3 Å². The fraction of sp³-hybridized carbons (Fsp3) is 0.250. The Bertz CT molecular complexity index is 534. The van der Waals surface area contributed by atoms with Gasteiger partial charge in [-0.25, -0.2) is 4.68 Å². The summed E-state index contributed by atoms with van der Waals surface area (Å²) in [5, 5.41) is 7.42. The fourth-order valence-corrected chi connectivity index (χ4v) is 1.65. The molecule has 0 radical (unpaired) electrons. The molecule has 1 aromatic heterocycles. The van der Waals surface area contributed by atoms with Crippen LogP contribution in [0.5, 0.6) is 5.75 Å². The van der Waals surface area contributed by atoms with Gasteiger partial charge in [-0.15, -0.1) is 5.10 Å². The third-order valence-electron chi connectivity index (χ3n) is 2.54. The van der Waals surface area contributed by atoms with Gasteiger partial charge in [-0.2, -0.15) is 0 Å². The minimum atomic E-state index is -0.0259. The van der Waals surface area contributed by atoms with E-state index < -0.39 is 0 Å². The van der Waals surface area contributed by atoms with Crippen molar-refractivity contribution in [3.05, 3.63) is 41.7 Å². The lowest BCUT2D eigenvalue weighted by Crippen LogP contribution is -2.10. The van der Waals surface area contributed by atoms with E-state index in [9.17, 15) is 4.79 Å². The number of ether oxygens (including phenoxy) is 1. The van der Waals surface area contributed by atoms with E-state index in [1.54, 1.807) is 14.2 Å². The predicted octanol–water partition coefficient (Wildman–Crippen LogP) is 1.25. The number of benzene rings is 1. The van der Waals surface area contributed by atoms with Crippen LogP contribution in [0.4, 0.5) is 0 Å². The Morgan fingerprint density at radius 1 is 1.41 bits per heavy atom. The van der Waals surface area contributed by atoms with E-state index in [1.165, 1.54) is 10.9 Å². The van der Waals surface area contributed by atoms with E-state index in [4.69, 9.17) is 4.74 Å². The Hall–Kier alpha value is -2.17. The van der Waals surface area contributed by atoms with Gasteiger partial charge in [0.05, 0.1) is 13.3 Å². The zero-order chi connectivity index (χ0) is 12.3. The number of aromatic nitrogens is 3. The molecule has 88 valence electrons. The summed E-state index contributed by atoms with van der Waals surface area (Å²) < 4.78 is 6.67. The molecular formula is C12H13N3O2. The third-order valence-corrected chi connectivity index (χ3v) is 2.54. The summed E-state index contributed by atoms with van der Waals surface area (Å²) in [5.41, 5.74) is 1.36. The number of Topliss-reactive ketones (excluding diaryl/α,β-unsaturated/α-hetero) is 1. The minimum Gasteiger partial charge on any atom is -0.496 e. The molecule has 17 heavy (non-hydrogen) atoms. The molecule has 5 heteroatoms.